The Kier molecular flexibility index (Phi) is 5.54. The molecule has 2 aromatic rings. The van der Waals surface area contributed by atoms with E-state index in [1.807, 2.05) is 0 Å². The van der Waals surface area contributed by atoms with Gasteiger partial charge < -0.3 is 14.3 Å². The van der Waals surface area contributed by atoms with Crippen LogP contribution in [0.3, 0.4) is 0 Å². The minimum absolute atomic E-state index is 0.0316. The zero-order valence-electron chi connectivity index (χ0n) is 16.7. The van der Waals surface area contributed by atoms with Crippen LogP contribution in [0.15, 0.2) is 45.1 Å². The van der Waals surface area contributed by atoms with Crippen molar-refractivity contribution in [1.82, 2.24) is 0 Å². The maximum atomic E-state index is 13.1. The summed E-state index contributed by atoms with van der Waals surface area (Å²) in [5.41, 5.74) is -1.12. The van der Waals surface area contributed by atoms with Crippen LogP contribution in [0.4, 0.5) is 13.2 Å². The molecule has 1 aliphatic carbocycles. The van der Waals surface area contributed by atoms with Crippen molar-refractivity contribution in [2.75, 3.05) is 0 Å². The number of aliphatic hydroxyl groups excluding tert-OH is 1. The number of ether oxygens (including phenoxy) is 1. The summed E-state index contributed by atoms with van der Waals surface area (Å²) in [4.78, 5) is 26.0. The minimum atomic E-state index is -4.82. The molecule has 30 heavy (non-hydrogen) atoms. The molecule has 0 bridgehead atoms. The lowest BCUT2D eigenvalue weighted by Crippen LogP contribution is -2.41. The number of ketones is 1. The van der Waals surface area contributed by atoms with E-state index in [1.54, 1.807) is 20.8 Å². The van der Waals surface area contributed by atoms with Gasteiger partial charge >= 0.3 is 6.36 Å². The number of alkyl halides is 3. The number of rotatable bonds is 5. The lowest BCUT2D eigenvalue weighted by molar-refractivity contribution is -0.274. The third-order valence-electron chi connectivity index (χ3n) is 5.55. The SMILES string of the molecule is CCC1=C(O)c2c(oc(-c3ccc(OC(F)(F)F)cc3)cc2=O)C(CC)(CC)C1=O. The normalized spacial score (nSPS) is 15.9. The van der Waals surface area contributed by atoms with Crippen molar-refractivity contribution in [2.45, 2.75) is 51.8 Å². The van der Waals surface area contributed by atoms with Crippen molar-refractivity contribution in [2.24, 2.45) is 0 Å². The first kappa shape index (κ1) is 21.7. The highest BCUT2D eigenvalue weighted by atomic mass is 19.4. The van der Waals surface area contributed by atoms with Crippen LogP contribution in [-0.4, -0.2) is 17.3 Å². The predicted octanol–water partition coefficient (Wildman–Crippen LogP) is 5.53. The van der Waals surface area contributed by atoms with E-state index < -0.39 is 23.0 Å². The molecule has 0 saturated heterocycles. The number of halogens is 3. The summed E-state index contributed by atoms with van der Waals surface area (Å²) < 4.78 is 46.9. The zero-order valence-corrected chi connectivity index (χ0v) is 16.7. The minimum Gasteiger partial charge on any atom is -0.507 e. The molecule has 3 rings (SSSR count). The number of carbonyl (C=O) groups is 1. The summed E-state index contributed by atoms with van der Waals surface area (Å²) in [6, 6.07) is 6.01. The second-order valence-corrected chi connectivity index (χ2v) is 7.05. The first-order valence-electron chi connectivity index (χ1n) is 9.60. The third kappa shape index (κ3) is 3.51. The molecule has 0 atom stereocenters. The Labute approximate surface area is 170 Å². The number of carbonyl (C=O) groups excluding carboxylic acids is 1. The number of allylic oxidation sites excluding steroid dienone is 1. The van der Waals surface area contributed by atoms with Crippen LogP contribution in [-0.2, 0) is 10.2 Å². The van der Waals surface area contributed by atoms with Crippen LogP contribution in [0.25, 0.3) is 17.1 Å². The van der Waals surface area contributed by atoms with Crippen LogP contribution < -0.4 is 10.2 Å². The highest BCUT2D eigenvalue weighted by Crippen LogP contribution is 2.44. The molecule has 8 heteroatoms. The number of Topliss-reactive ketones (excluding diaryl/α,β-unsaturated/α-hetero) is 1. The molecule has 0 radical (unpaired) electrons. The van der Waals surface area contributed by atoms with E-state index in [2.05, 4.69) is 4.74 Å². The van der Waals surface area contributed by atoms with E-state index in [-0.39, 0.29) is 40.6 Å². The van der Waals surface area contributed by atoms with E-state index >= 15 is 0 Å². The monoisotopic (exact) mass is 422 g/mol. The number of fused-ring (bicyclic) bond motifs is 1. The fourth-order valence-corrected chi connectivity index (χ4v) is 3.89. The third-order valence-corrected chi connectivity index (χ3v) is 5.55. The molecular weight excluding hydrogens is 401 g/mol. The maximum Gasteiger partial charge on any atom is 0.573 e. The van der Waals surface area contributed by atoms with Crippen LogP contribution in [0.5, 0.6) is 5.75 Å². The Morgan fingerprint density at radius 2 is 1.67 bits per heavy atom. The molecule has 0 fully saturated rings. The van der Waals surface area contributed by atoms with Gasteiger partial charge in [0, 0.05) is 17.2 Å². The van der Waals surface area contributed by atoms with E-state index in [0.29, 0.717) is 18.4 Å². The topological polar surface area (TPSA) is 76.7 Å². The van der Waals surface area contributed by atoms with Crippen molar-refractivity contribution in [3.8, 4) is 17.1 Å². The summed E-state index contributed by atoms with van der Waals surface area (Å²) in [6.07, 6.45) is -3.83. The van der Waals surface area contributed by atoms with Gasteiger partial charge in [-0.15, -0.1) is 13.2 Å². The van der Waals surface area contributed by atoms with Crippen molar-refractivity contribution in [3.05, 3.63) is 57.5 Å². The first-order valence-corrected chi connectivity index (χ1v) is 9.60. The van der Waals surface area contributed by atoms with E-state index in [9.17, 15) is 27.9 Å². The summed E-state index contributed by atoms with van der Waals surface area (Å²) in [6.45, 7) is 5.33. The maximum absolute atomic E-state index is 13.1. The molecule has 0 aliphatic heterocycles. The van der Waals surface area contributed by atoms with Gasteiger partial charge in [0.25, 0.3) is 0 Å². The molecule has 1 aromatic heterocycles. The second-order valence-electron chi connectivity index (χ2n) is 7.05. The molecule has 5 nitrogen and oxygen atoms in total. The molecule has 0 unspecified atom stereocenters. The quantitative estimate of drug-likeness (QED) is 0.686. The van der Waals surface area contributed by atoms with Crippen LogP contribution >= 0.6 is 0 Å². The molecule has 1 aliphatic rings. The van der Waals surface area contributed by atoms with Crippen molar-refractivity contribution >= 4 is 11.5 Å². The van der Waals surface area contributed by atoms with Gasteiger partial charge in [0.2, 0.25) is 0 Å². The number of hydrogen-bond acceptors (Lipinski definition) is 5. The molecule has 0 amide bonds. The standard InChI is InChI=1S/C22H21F3O5/c1-4-14-18(27)17-15(26)11-16(29-20(17)21(5-2,6-3)19(14)28)12-7-9-13(10-8-12)30-22(23,24)25/h7-11,27H,4-6H2,1-3H3. The van der Waals surface area contributed by atoms with E-state index in [1.165, 1.54) is 12.1 Å². The van der Waals surface area contributed by atoms with Gasteiger partial charge in [-0.25, -0.2) is 0 Å². The fraction of sp³-hybridized carbons (Fsp3) is 0.364. The number of hydrogen-bond donors (Lipinski definition) is 1. The van der Waals surface area contributed by atoms with E-state index in [4.69, 9.17) is 4.42 Å². The number of benzene rings is 1. The van der Waals surface area contributed by atoms with Gasteiger partial charge in [0.05, 0.1) is 5.41 Å². The van der Waals surface area contributed by atoms with Crippen LogP contribution in [0.2, 0.25) is 0 Å². The highest BCUT2D eigenvalue weighted by molar-refractivity contribution is 6.10. The summed E-state index contributed by atoms with van der Waals surface area (Å²) in [5.74, 6) is -0.890. The van der Waals surface area contributed by atoms with Gasteiger partial charge in [0.15, 0.2) is 11.2 Å². The highest BCUT2D eigenvalue weighted by Gasteiger charge is 2.48. The van der Waals surface area contributed by atoms with Gasteiger partial charge in [0.1, 0.15) is 28.6 Å². The Hall–Kier alpha value is -3.03. The molecule has 1 heterocycles. The van der Waals surface area contributed by atoms with E-state index in [0.717, 1.165) is 18.2 Å². The van der Waals surface area contributed by atoms with Crippen molar-refractivity contribution < 1.29 is 32.2 Å². The smallest absolute Gasteiger partial charge is 0.507 e. The average molecular weight is 422 g/mol. The Morgan fingerprint density at radius 3 is 2.17 bits per heavy atom. The fourth-order valence-electron chi connectivity index (χ4n) is 3.89. The largest absolute Gasteiger partial charge is 0.573 e. The van der Waals surface area contributed by atoms with Crippen molar-refractivity contribution in [1.29, 1.82) is 0 Å². The molecular formula is C22H21F3O5. The first-order chi connectivity index (χ1) is 14.1. The lowest BCUT2D eigenvalue weighted by Gasteiger charge is -2.35. The summed E-state index contributed by atoms with van der Waals surface area (Å²) >= 11 is 0. The lowest BCUT2D eigenvalue weighted by atomic mass is 9.68. The van der Waals surface area contributed by atoms with Gasteiger partial charge in [-0.05, 0) is 43.5 Å². The van der Waals surface area contributed by atoms with Gasteiger partial charge in [-0.2, -0.15) is 0 Å². The van der Waals surface area contributed by atoms with Crippen LogP contribution in [0, 0.1) is 0 Å². The van der Waals surface area contributed by atoms with Gasteiger partial charge in [-0.1, -0.05) is 20.8 Å². The number of aliphatic hydroxyl groups is 1. The molecule has 160 valence electrons. The molecule has 1 N–H and O–H groups in total. The Bertz CT molecular complexity index is 1060. The molecule has 0 saturated carbocycles. The predicted molar refractivity (Wildman–Crippen MR) is 104 cm³/mol. The summed E-state index contributed by atoms with van der Waals surface area (Å²) in [5, 5.41) is 10.6. The van der Waals surface area contributed by atoms with Crippen LogP contribution in [0.1, 0.15) is 51.4 Å². The Morgan fingerprint density at radius 1 is 1.07 bits per heavy atom. The van der Waals surface area contributed by atoms with Crippen molar-refractivity contribution in [3.63, 3.8) is 0 Å². The molecule has 0 spiro atoms. The zero-order chi connectivity index (χ0) is 22.3. The Balaban J connectivity index is 2.18. The van der Waals surface area contributed by atoms with Gasteiger partial charge in [-0.3, -0.25) is 9.59 Å². The average Bonchev–Trinajstić information content (AvgIpc) is 2.68. The molecule has 1 aromatic carbocycles. The second kappa shape index (κ2) is 7.66. The summed E-state index contributed by atoms with van der Waals surface area (Å²) in [7, 11) is 0.